The van der Waals surface area contributed by atoms with Crippen LogP contribution >= 0.6 is 15.9 Å². The third kappa shape index (κ3) is 4.56. The molecule has 0 aliphatic heterocycles. The minimum atomic E-state index is -3.37. The summed E-state index contributed by atoms with van der Waals surface area (Å²) in [6, 6.07) is 6.23. The van der Waals surface area contributed by atoms with Crippen molar-refractivity contribution >= 4 is 37.0 Å². The lowest BCUT2D eigenvalue weighted by Gasteiger charge is -2.11. The molecule has 7 heteroatoms. The molecule has 128 valence electrons. The molecule has 0 unspecified atom stereocenters. The molecule has 1 heterocycles. The largest absolute Gasteiger partial charge is 0.347 e. The van der Waals surface area contributed by atoms with Crippen molar-refractivity contribution < 1.29 is 8.42 Å². The van der Waals surface area contributed by atoms with Crippen LogP contribution in [-0.2, 0) is 23.2 Å². The van der Waals surface area contributed by atoms with E-state index in [2.05, 4.69) is 57.4 Å². The van der Waals surface area contributed by atoms with Crippen molar-refractivity contribution in [1.29, 1.82) is 0 Å². The number of nitrogens with zero attached hydrogens (tertiary/aromatic N) is 2. The van der Waals surface area contributed by atoms with Gasteiger partial charge in [0.2, 0.25) is 0 Å². The molecule has 0 saturated heterocycles. The zero-order valence-electron chi connectivity index (χ0n) is 14.0. The van der Waals surface area contributed by atoms with Gasteiger partial charge in [-0.15, -0.1) is 0 Å². The maximum Gasteiger partial charge on any atom is 0.278 e. The number of hydrogen-bond acceptors (Lipinski definition) is 2. The van der Waals surface area contributed by atoms with Gasteiger partial charge in [-0.1, -0.05) is 35.8 Å². The SMILES string of the molecule is CC(C)Cn1cc(CCNS(=O)(=O)N(C)C)c2ccc(Br)cc21. The molecule has 0 fully saturated rings. The van der Waals surface area contributed by atoms with E-state index in [0.717, 1.165) is 16.6 Å². The molecule has 0 aliphatic rings. The van der Waals surface area contributed by atoms with E-state index in [4.69, 9.17) is 0 Å². The molecule has 0 radical (unpaired) electrons. The van der Waals surface area contributed by atoms with Gasteiger partial charge in [0.05, 0.1) is 0 Å². The van der Waals surface area contributed by atoms with E-state index in [0.29, 0.717) is 18.9 Å². The normalized spacial score (nSPS) is 12.7. The lowest BCUT2D eigenvalue weighted by molar-refractivity contribution is 0.506. The Morgan fingerprint density at radius 2 is 2.00 bits per heavy atom. The first kappa shape index (κ1) is 18.4. The molecular formula is C16H24BrN3O2S. The van der Waals surface area contributed by atoms with Gasteiger partial charge in [-0.25, -0.2) is 4.72 Å². The van der Waals surface area contributed by atoms with Gasteiger partial charge in [-0.05, 0) is 30.0 Å². The maximum atomic E-state index is 11.8. The van der Waals surface area contributed by atoms with Gasteiger partial charge >= 0.3 is 0 Å². The molecule has 0 spiro atoms. The van der Waals surface area contributed by atoms with Crippen molar-refractivity contribution in [2.45, 2.75) is 26.8 Å². The fourth-order valence-corrected chi connectivity index (χ4v) is 3.50. The van der Waals surface area contributed by atoms with Crippen molar-refractivity contribution in [3.63, 3.8) is 0 Å². The minimum Gasteiger partial charge on any atom is -0.347 e. The molecule has 0 bridgehead atoms. The summed E-state index contributed by atoms with van der Waals surface area (Å²) in [5, 5.41) is 1.18. The van der Waals surface area contributed by atoms with Crippen LogP contribution in [0.1, 0.15) is 19.4 Å². The summed E-state index contributed by atoms with van der Waals surface area (Å²) >= 11 is 3.53. The van der Waals surface area contributed by atoms with E-state index in [1.807, 2.05) is 6.07 Å². The lowest BCUT2D eigenvalue weighted by Crippen LogP contribution is -2.36. The molecule has 1 aromatic heterocycles. The third-order valence-electron chi connectivity index (χ3n) is 3.65. The molecular weight excluding hydrogens is 378 g/mol. The quantitative estimate of drug-likeness (QED) is 0.774. The second kappa shape index (κ2) is 7.34. The lowest BCUT2D eigenvalue weighted by atomic mass is 10.1. The van der Waals surface area contributed by atoms with Gasteiger partial charge < -0.3 is 4.57 Å². The Labute approximate surface area is 147 Å². The molecule has 23 heavy (non-hydrogen) atoms. The van der Waals surface area contributed by atoms with Crippen LogP contribution in [-0.4, -0.2) is 37.9 Å². The smallest absolute Gasteiger partial charge is 0.278 e. The van der Waals surface area contributed by atoms with E-state index < -0.39 is 10.2 Å². The fraction of sp³-hybridized carbons (Fsp3) is 0.500. The first-order valence-corrected chi connectivity index (χ1v) is 9.88. The maximum absolute atomic E-state index is 11.8. The van der Waals surface area contributed by atoms with Crippen LogP contribution in [0, 0.1) is 5.92 Å². The third-order valence-corrected chi connectivity index (χ3v) is 5.67. The first-order valence-electron chi connectivity index (χ1n) is 7.65. The molecule has 5 nitrogen and oxygen atoms in total. The van der Waals surface area contributed by atoms with Crippen LogP contribution in [0.3, 0.4) is 0 Å². The van der Waals surface area contributed by atoms with Gasteiger partial charge in [0, 0.05) is 48.8 Å². The molecule has 0 amide bonds. The Bertz CT molecular complexity index is 782. The van der Waals surface area contributed by atoms with Gasteiger partial charge in [-0.3, -0.25) is 0 Å². The molecule has 0 atom stereocenters. The number of nitrogens with one attached hydrogen (secondary N) is 1. The number of aromatic nitrogens is 1. The van der Waals surface area contributed by atoms with Crippen LogP contribution in [0.2, 0.25) is 0 Å². The number of rotatable bonds is 7. The molecule has 2 rings (SSSR count). The van der Waals surface area contributed by atoms with Crippen molar-refractivity contribution in [2.75, 3.05) is 20.6 Å². The zero-order chi connectivity index (χ0) is 17.2. The molecule has 1 aromatic carbocycles. The first-order chi connectivity index (χ1) is 10.7. The summed E-state index contributed by atoms with van der Waals surface area (Å²) in [6.45, 7) is 5.71. The molecule has 1 N–H and O–H groups in total. The van der Waals surface area contributed by atoms with Crippen molar-refractivity contribution in [3.8, 4) is 0 Å². The predicted octanol–water partition coefficient (Wildman–Crippen LogP) is 3.00. The summed E-state index contributed by atoms with van der Waals surface area (Å²) in [7, 11) is -0.327. The Balaban J connectivity index is 2.24. The average molecular weight is 402 g/mol. The summed E-state index contributed by atoms with van der Waals surface area (Å²) in [4.78, 5) is 0. The second-order valence-electron chi connectivity index (χ2n) is 6.29. The van der Waals surface area contributed by atoms with Crippen molar-refractivity contribution in [1.82, 2.24) is 13.6 Å². The highest BCUT2D eigenvalue weighted by Gasteiger charge is 2.14. The standard InChI is InChI=1S/C16H24BrN3O2S/c1-12(2)10-20-11-13(7-8-18-23(21,22)19(3)4)15-6-5-14(17)9-16(15)20/h5-6,9,11-12,18H,7-8,10H2,1-4H3. The van der Waals surface area contributed by atoms with E-state index in [1.165, 1.54) is 29.3 Å². The van der Waals surface area contributed by atoms with Crippen LogP contribution < -0.4 is 4.72 Å². The van der Waals surface area contributed by atoms with Gasteiger partial charge in [0.25, 0.3) is 10.2 Å². The van der Waals surface area contributed by atoms with Crippen LogP contribution in [0.4, 0.5) is 0 Å². The second-order valence-corrected chi connectivity index (χ2v) is 9.18. The Hall–Kier alpha value is -0.890. The number of hydrogen-bond donors (Lipinski definition) is 1. The van der Waals surface area contributed by atoms with Crippen LogP contribution in [0.5, 0.6) is 0 Å². The van der Waals surface area contributed by atoms with Gasteiger partial charge in [0.15, 0.2) is 0 Å². The highest BCUT2D eigenvalue weighted by Crippen LogP contribution is 2.26. The van der Waals surface area contributed by atoms with Crippen LogP contribution in [0.15, 0.2) is 28.9 Å². The molecule has 0 aliphatic carbocycles. The Morgan fingerprint density at radius 1 is 1.30 bits per heavy atom. The summed E-state index contributed by atoms with van der Waals surface area (Å²) < 4.78 is 30.7. The number of fused-ring (bicyclic) bond motifs is 1. The highest BCUT2D eigenvalue weighted by molar-refractivity contribution is 9.10. The monoisotopic (exact) mass is 401 g/mol. The topological polar surface area (TPSA) is 54.3 Å². The summed E-state index contributed by atoms with van der Waals surface area (Å²) in [5.74, 6) is 0.546. The molecule has 0 saturated carbocycles. The van der Waals surface area contributed by atoms with E-state index in [9.17, 15) is 8.42 Å². The molecule has 2 aromatic rings. The fourth-order valence-electron chi connectivity index (χ4n) is 2.53. The summed E-state index contributed by atoms with van der Waals surface area (Å²) in [6.07, 6.45) is 2.80. The van der Waals surface area contributed by atoms with Gasteiger partial charge in [0.1, 0.15) is 0 Å². The highest BCUT2D eigenvalue weighted by atomic mass is 79.9. The van der Waals surface area contributed by atoms with Crippen LogP contribution in [0.25, 0.3) is 10.9 Å². The van der Waals surface area contributed by atoms with Crippen molar-refractivity contribution in [2.24, 2.45) is 5.92 Å². The van der Waals surface area contributed by atoms with E-state index in [1.54, 1.807) is 0 Å². The minimum absolute atomic E-state index is 0.386. The number of halogens is 1. The average Bonchev–Trinajstić information content (AvgIpc) is 2.75. The zero-order valence-corrected chi connectivity index (χ0v) is 16.4. The van der Waals surface area contributed by atoms with Gasteiger partial charge in [-0.2, -0.15) is 12.7 Å². The van der Waals surface area contributed by atoms with Crippen molar-refractivity contribution in [3.05, 3.63) is 34.4 Å². The Morgan fingerprint density at radius 3 is 2.61 bits per heavy atom. The van der Waals surface area contributed by atoms with E-state index >= 15 is 0 Å². The number of benzene rings is 1. The summed E-state index contributed by atoms with van der Waals surface area (Å²) in [5.41, 5.74) is 2.34. The predicted molar refractivity (Wildman–Crippen MR) is 98.8 cm³/mol. The Kier molecular flexibility index (Phi) is 5.89. The van der Waals surface area contributed by atoms with E-state index in [-0.39, 0.29) is 0 Å².